The van der Waals surface area contributed by atoms with Crippen molar-refractivity contribution in [1.82, 2.24) is 9.29 Å². The number of rotatable bonds is 4. The van der Waals surface area contributed by atoms with E-state index in [1.54, 1.807) is 11.6 Å². The Hall–Kier alpha value is -0.890. The highest BCUT2D eigenvalue weighted by Gasteiger charge is 2.29. The Balaban J connectivity index is 2.19. The minimum atomic E-state index is -3.55. The highest BCUT2D eigenvalue weighted by atomic mass is 32.2. The van der Waals surface area contributed by atoms with Crippen molar-refractivity contribution in [1.29, 1.82) is 0 Å². The number of sulfonamides is 1. The summed E-state index contributed by atoms with van der Waals surface area (Å²) in [4.78, 5) is 0.174. The molecular formula is C11H18N2O4S. The van der Waals surface area contributed by atoms with Crippen LogP contribution >= 0.6 is 0 Å². The zero-order chi connectivity index (χ0) is 13.3. The van der Waals surface area contributed by atoms with Gasteiger partial charge in [0.05, 0.1) is 23.6 Å². The average Bonchev–Trinajstić information content (AvgIpc) is 2.86. The standard InChI is InChI=1S/C11H18N2O4S/c1-8-11(3-4-17-8)12-18(15,16)10-5-9(7-14)13(2)6-10/h5-6,8,11-12,14H,3-4,7H2,1-2H3. The van der Waals surface area contributed by atoms with Crippen molar-refractivity contribution in [3.63, 3.8) is 0 Å². The topological polar surface area (TPSA) is 80.6 Å². The fourth-order valence-corrected chi connectivity index (χ4v) is 3.47. The van der Waals surface area contributed by atoms with Gasteiger partial charge in [0.15, 0.2) is 0 Å². The molecule has 6 nitrogen and oxygen atoms in total. The highest BCUT2D eigenvalue weighted by Crippen LogP contribution is 2.18. The SMILES string of the molecule is CC1OCCC1NS(=O)(=O)c1cc(CO)n(C)c1. The van der Waals surface area contributed by atoms with E-state index in [0.717, 1.165) is 0 Å². The monoisotopic (exact) mass is 274 g/mol. The summed E-state index contributed by atoms with van der Waals surface area (Å²) < 4.78 is 33.9. The van der Waals surface area contributed by atoms with Gasteiger partial charge in [0, 0.05) is 25.5 Å². The Morgan fingerprint density at radius 2 is 2.33 bits per heavy atom. The first-order valence-electron chi connectivity index (χ1n) is 5.84. The minimum Gasteiger partial charge on any atom is -0.390 e. The number of aliphatic hydroxyl groups excluding tert-OH is 1. The lowest BCUT2D eigenvalue weighted by Crippen LogP contribution is -2.38. The quantitative estimate of drug-likeness (QED) is 0.808. The van der Waals surface area contributed by atoms with Crippen molar-refractivity contribution >= 4 is 10.0 Å². The van der Waals surface area contributed by atoms with Crippen molar-refractivity contribution < 1.29 is 18.3 Å². The molecule has 0 aliphatic carbocycles. The molecule has 1 aliphatic rings. The molecule has 102 valence electrons. The molecule has 0 amide bonds. The molecule has 18 heavy (non-hydrogen) atoms. The zero-order valence-electron chi connectivity index (χ0n) is 10.5. The summed E-state index contributed by atoms with van der Waals surface area (Å²) in [5, 5.41) is 9.07. The summed E-state index contributed by atoms with van der Waals surface area (Å²) >= 11 is 0. The molecular weight excluding hydrogens is 256 g/mol. The van der Waals surface area contributed by atoms with Crippen LogP contribution in [0.4, 0.5) is 0 Å². The molecule has 0 spiro atoms. The lowest BCUT2D eigenvalue weighted by Gasteiger charge is -2.15. The van der Waals surface area contributed by atoms with Crippen molar-refractivity contribution in [2.24, 2.45) is 7.05 Å². The highest BCUT2D eigenvalue weighted by molar-refractivity contribution is 7.89. The van der Waals surface area contributed by atoms with Crippen LogP contribution in [0.3, 0.4) is 0 Å². The van der Waals surface area contributed by atoms with Gasteiger partial charge >= 0.3 is 0 Å². The van der Waals surface area contributed by atoms with Crippen LogP contribution in [0.5, 0.6) is 0 Å². The van der Waals surface area contributed by atoms with Crippen LogP contribution in [0, 0.1) is 0 Å². The molecule has 1 fully saturated rings. The predicted molar refractivity (Wildman–Crippen MR) is 65.5 cm³/mol. The van der Waals surface area contributed by atoms with E-state index in [2.05, 4.69) is 4.72 Å². The van der Waals surface area contributed by atoms with E-state index in [4.69, 9.17) is 9.84 Å². The Morgan fingerprint density at radius 3 is 2.83 bits per heavy atom. The van der Waals surface area contributed by atoms with Gasteiger partial charge in [-0.15, -0.1) is 0 Å². The molecule has 7 heteroatoms. The number of aliphatic hydroxyl groups is 1. The zero-order valence-corrected chi connectivity index (χ0v) is 11.3. The number of hydrogen-bond acceptors (Lipinski definition) is 4. The molecule has 0 radical (unpaired) electrons. The van der Waals surface area contributed by atoms with E-state index in [1.165, 1.54) is 12.3 Å². The second-order valence-corrected chi connectivity index (χ2v) is 6.24. The van der Waals surface area contributed by atoms with Crippen LogP contribution in [0.1, 0.15) is 19.0 Å². The molecule has 1 aromatic heterocycles. The summed E-state index contributed by atoms with van der Waals surface area (Å²) in [5.74, 6) is 0. The van der Waals surface area contributed by atoms with E-state index in [0.29, 0.717) is 18.7 Å². The third-order valence-corrected chi connectivity index (χ3v) is 4.69. The summed E-state index contributed by atoms with van der Waals surface area (Å²) in [6.07, 6.45) is 2.06. The molecule has 2 heterocycles. The lowest BCUT2D eigenvalue weighted by molar-refractivity contribution is 0.117. The number of ether oxygens (including phenoxy) is 1. The van der Waals surface area contributed by atoms with Gasteiger partial charge in [-0.2, -0.15) is 0 Å². The average molecular weight is 274 g/mol. The van der Waals surface area contributed by atoms with Crippen LogP contribution in [0.15, 0.2) is 17.2 Å². The molecule has 2 N–H and O–H groups in total. The maximum atomic E-state index is 12.2. The van der Waals surface area contributed by atoms with E-state index in [-0.39, 0.29) is 23.6 Å². The van der Waals surface area contributed by atoms with Crippen LogP contribution in [-0.4, -0.2) is 36.8 Å². The van der Waals surface area contributed by atoms with Gasteiger partial charge in [-0.1, -0.05) is 0 Å². The van der Waals surface area contributed by atoms with Crippen molar-refractivity contribution in [3.05, 3.63) is 18.0 Å². The molecule has 2 unspecified atom stereocenters. The Bertz CT molecular complexity index is 523. The molecule has 0 saturated carbocycles. The number of aromatic nitrogens is 1. The number of aryl methyl sites for hydroxylation is 1. The number of nitrogens with one attached hydrogen (secondary N) is 1. The Morgan fingerprint density at radius 1 is 1.61 bits per heavy atom. The summed E-state index contributed by atoms with van der Waals surface area (Å²) in [7, 11) is -1.85. The normalized spacial score (nSPS) is 24.6. The van der Waals surface area contributed by atoms with E-state index in [1.807, 2.05) is 6.92 Å². The van der Waals surface area contributed by atoms with E-state index in [9.17, 15) is 8.42 Å². The van der Waals surface area contributed by atoms with E-state index < -0.39 is 10.0 Å². The first kappa shape index (κ1) is 13.5. The summed E-state index contributed by atoms with van der Waals surface area (Å²) in [6.45, 7) is 2.24. The van der Waals surface area contributed by atoms with Crippen LogP contribution in [-0.2, 0) is 28.4 Å². The van der Waals surface area contributed by atoms with Crippen molar-refractivity contribution in [2.45, 2.75) is 37.0 Å². The summed E-state index contributed by atoms with van der Waals surface area (Å²) in [5.41, 5.74) is 0.561. The second kappa shape index (κ2) is 5.00. The van der Waals surface area contributed by atoms with Crippen LogP contribution in [0.25, 0.3) is 0 Å². The molecule has 1 aliphatic heterocycles. The summed E-state index contributed by atoms with van der Waals surface area (Å²) in [6, 6.07) is 1.29. The fourth-order valence-electron chi connectivity index (χ4n) is 2.04. The van der Waals surface area contributed by atoms with Gasteiger partial charge in [0.25, 0.3) is 0 Å². The smallest absolute Gasteiger partial charge is 0.242 e. The van der Waals surface area contributed by atoms with Crippen LogP contribution < -0.4 is 4.72 Å². The van der Waals surface area contributed by atoms with Gasteiger partial charge in [-0.3, -0.25) is 0 Å². The number of hydrogen-bond donors (Lipinski definition) is 2. The lowest BCUT2D eigenvalue weighted by atomic mass is 10.2. The first-order valence-corrected chi connectivity index (χ1v) is 7.32. The van der Waals surface area contributed by atoms with Gasteiger partial charge in [0.2, 0.25) is 10.0 Å². The second-order valence-electron chi connectivity index (χ2n) is 4.53. The predicted octanol–water partition coefficient (Wildman–Crippen LogP) is -0.0269. The molecule has 1 saturated heterocycles. The molecule has 1 aromatic rings. The fraction of sp³-hybridized carbons (Fsp3) is 0.636. The van der Waals surface area contributed by atoms with Gasteiger partial charge in [-0.05, 0) is 19.4 Å². The van der Waals surface area contributed by atoms with Crippen molar-refractivity contribution in [2.75, 3.05) is 6.61 Å². The molecule has 2 rings (SSSR count). The third-order valence-electron chi connectivity index (χ3n) is 3.24. The third kappa shape index (κ3) is 2.59. The Labute approximate surface area is 107 Å². The van der Waals surface area contributed by atoms with Crippen LogP contribution in [0.2, 0.25) is 0 Å². The van der Waals surface area contributed by atoms with E-state index >= 15 is 0 Å². The largest absolute Gasteiger partial charge is 0.390 e. The van der Waals surface area contributed by atoms with Gasteiger partial charge in [0.1, 0.15) is 0 Å². The molecule has 0 bridgehead atoms. The maximum Gasteiger partial charge on any atom is 0.242 e. The Kier molecular flexibility index (Phi) is 3.76. The molecule has 0 aromatic carbocycles. The minimum absolute atomic E-state index is 0.110. The first-order chi connectivity index (χ1) is 8.44. The van der Waals surface area contributed by atoms with Gasteiger partial charge < -0.3 is 14.4 Å². The molecule has 2 atom stereocenters. The van der Waals surface area contributed by atoms with Gasteiger partial charge in [-0.25, -0.2) is 13.1 Å². The van der Waals surface area contributed by atoms with Crippen molar-refractivity contribution in [3.8, 4) is 0 Å². The number of nitrogens with zero attached hydrogens (tertiary/aromatic N) is 1. The maximum absolute atomic E-state index is 12.2.